The highest BCUT2D eigenvalue weighted by atomic mass is 35.5. The van der Waals surface area contributed by atoms with E-state index in [0.29, 0.717) is 22.4 Å². The Hall–Kier alpha value is -1.59. The molecule has 100 valence electrons. The predicted octanol–water partition coefficient (Wildman–Crippen LogP) is 3.14. The van der Waals surface area contributed by atoms with E-state index in [0.717, 1.165) is 5.56 Å². The van der Waals surface area contributed by atoms with Gasteiger partial charge in [0.2, 0.25) is 5.89 Å². The number of benzene rings is 1. The average Bonchev–Trinajstić information content (AvgIpc) is 2.83. The Morgan fingerprint density at radius 2 is 2.16 bits per heavy atom. The van der Waals surface area contributed by atoms with E-state index in [4.69, 9.17) is 32.5 Å². The van der Waals surface area contributed by atoms with Gasteiger partial charge in [-0.3, -0.25) is 0 Å². The molecule has 0 aliphatic rings. The number of esters is 1. The van der Waals surface area contributed by atoms with Gasteiger partial charge in [0.05, 0.1) is 23.1 Å². The van der Waals surface area contributed by atoms with Crippen molar-refractivity contribution in [1.29, 1.82) is 0 Å². The van der Waals surface area contributed by atoms with Crippen molar-refractivity contribution in [2.24, 2.45) is 0 Å². The SMILES string of the molecule is CCOC(=O)c1noc(Cc2ccc(Cl)c(Cl)c2)n1. The fraction of sp³-hybridized carbons (Fsp3) is 0.250. The van der Waals surface area contributed by atoms with Crippen LogP contribution in [0.1, 0.15) is 29.0 Å². The van der Waals surface area contributed by atoms with E-state index >= 15 is 0 Å². The van der Waals surface area contributed by atoms with Gasteiger partial charge in [0.1, 0.15) is 0 Å². The van der Waals surface area contributed by atoms with Crippen molar-refractivity contribution < 1.29 is 14.1 Å². The van der Waals surface area contributed by atoms with Crippen LogP contribution < -0.4 is 0 Å². The maximum absolute atomic E-state index is 11.4. The number of rotatable bonds is 4. The van der Waals surface area contributed by atoms with Gasteiger partial charge < -0.3 is 9.26 Å². The number of ether oxygens (including phenoxy) is 1. The molecule has 0 saturated carbocycles. The number of halogens is 2. The Balaban J connectivity index is 2.11. The summed E-state index contributed by atoms with van der Waals surface area (Å²) in [5.74, 6) is -0.384. The minimum atomic E-state index is -0.605. The highest BCUT2D eigenvalue weighted by molar-refractivity contribution is 6.42. The van der Waals surface area contributed by atoms with Crippen molar-refractivity contribution in [2.75, 3.05) is 6.61 Å². The number of carbonyl (C=O) groups excluding carboxylic acids is 1. The lowest BCUT2D eigenvalue weighted by Crippen LogP contribution is -2.06. The molecule has 0 unspecified atom stereocenters. The molecule has 0 saturated heterocycles. The van der Waals surface area contributed by atoms with Crippen molar-refractivity contribution >= 4 is 29.2 Å². The highest BCUT2D eigenvalue weighted by Gasteiger charge is 2.15. The topological polar surface area (TPSA) is 65.2 Å². The fourth-order valence-electron chi connectivity index (χ4n) is 1.43. The smallest absolute Gasteiger partial charge is 0.379 e. The highest BCUT2D eigenvalue weighted by Crippen LogP contribution is 2.23. The Labute approximate surface area is 119 Å². The van der Waals surface area contributed by atoms with Crippen LogP contribution >= 0.6 is 23.2 Å². The third-order valence-corrected chi connectivity index (χ3v) is 3.00. The first kappa shape index (κ1) is 13.8. The first-order valence-corrected chi connectivity index (χ1v) is 6.29. The summed E-state index contributed by atoms with van der Waals surface area (Å²) in [5.41, 5.74) is 0.855. The molecular weight excluding hydrogens is 291 g/mol. The number of hydrogen-bond acceptors (Lipinski definition) is 5. The second kappa shape index (κ2) is 6.04. The summed E-state index contributed by atoms with van der Waals surface area (Å²) in [4.78, 5) is 15.3. The third kappa shape index (κ3) is 3.45. The van der Waals surface area contributed by atoms with Gasteiger partial charge in [-0.15, -0.1) is 0 Å². The molecule has 1 heterocycles. The first-order chi connectivity index (χ1) is 9.10. The summed E-state index contributed by atoms with van der Waals surface area (Å²) < 4.78 is 9.73. The molecule has 0 spiro atoms. The zero-order valence-corrected chi connectivity index (χ0v) is 11.5. The third-order valence-electron chi connectivity index (χ3n) is 2.27. The van der Waals surface area contributed by atoms with E-state index < -0.39 is 5.97 Å². The van der Waals surface area contributed by atoms with Crippen molar-refractivity contribution in [1.82, 2.24) is 10.1 Å². The normalized spacial score (nSPS) is 10.5. The quantitative estimate of drug-likeness (QED) is 0.812. The Kier molecular flexibility index (Phi) is 4.39. The fourth-order valence-corrected chi connectivity index (χ4v) is 1.75. The Bertz CT molecular complexity index is 598. The van der Waals surface area contributed by atoms with Crippen LogP contribution in [0.3, 0.4) is 0 Å². The zero-order chi connectivity index (χ0) is 13.8. The molecule has 0 N–H and O–H groups in total. The Morgan fingerprint density at radius 3 is 2.84 bits per heavy atom. The lowest BCUT2D eigenvalue weighted by molar-refractivity contribution is 0.0508. The molecule has 7 heteroatoms. The molecule has 0 aliphatic carbocycles. The van der Waals surface area contributed by atoms with Gasteiger partial charge in [-0.2, -0.15) is 4.98 Å². The van der Waals surface area contributed by atoms with E-state index in [1.54, 1.807) is 25.1 Å². The number of nitrogens with zero attached hydrogens (tertiary/aromatic N) is 2. The number of aromatic nitrogens is 2. The summed E-state index contributed by atoms with van der Waals surface area (Å²) in [6.45, 7) is 1.96. The molecule has 2 aromatic rings. The molecule has 0 bridgehead atoms. The van der Waals surface area contributed by atoms with Crippen molar-refractivity contribution in [3.63, 3.8) is 0 Å². The molecule has 19 heavy (non-hydrogen) atoms. The van der Waals surface area contributed by atoms with Crippen LogP contribution in [0.25, 0.3) is 0 Å². The summed E-state index contributed by atoms with van der Waals surface area (Å²) in [5, 5.41) is 4.47. The van der Waals surface area contributed by atoms with E-state index in [1.165, 1.54) is 0 Å². The lowest BCUT2D eigenvalue weighted by atomic mass is 10.1. The second-order valence-electron chi connectivity index (χ2n) is 3.66. The zero-order valence-electron chi connectivity index (χ0n) is 10.0. The first-order valence-electron chi connectivity index (χ1n) is 5.53. The van der Waals surface area contributed by atoms with Gasteiger partial charge in [0.25, 0.3) is 5.82 Å². The largest absolute Gasteiger partial charge is 0.460 e. The van der Waals surface area contributed by atoms with Crippen LogP contribution in [0.4, 0.5) is 0 Å². The van der Waals surface area contributed by atoms with Crippen molar-refractivity contribution in [3.8, 4) is 0 Å². The van der Waals surface area contributed by atoms with E-state index in [1.807, 2.05) is 0 Å². The molecule has 0 fully saturated rings. The molecule has 1 aromatic carbocycles. The summed E-state index contributed by atoms with van der Waals surface area (Å²) in [6, 6.07) is 5.18. The van der Waals surface area contributed by atoms with Crippen LogP contribution in [-0.2, 0) is 11.2 Å². The van der Waals surface area contributed by atoms with Gasteiger partial charge in [-0.25, -0.2) is 4.79 Å². The van der Waals surface area contributed by atoms with Gasteiger partial charge in [0.15, 0.2) is 0 Å². The van der Waals surface area contributed by atoms with Crippen LogP contribution in [-0.4, -0.2) is 22.7 Å². The standard InChI is InChI=1S/C12H10Cl2N2O3/c1-2-18-12(17)11-15-10(19-16-11)6-7-3-4-8(13)9(14)5-7/h3-5H,2,6H2,1H3. The van der Waals surface area contributed by atoms with E-state index in [-0.39, 0.29) is 12.4 Å². The van der Waals surface area contributed by atoms with Crippen LogP contribution in [0.15, 0.2) is 22.7 Å². The predicted molar refractivity (Wildman–Crippen MR) is 69.5 cm³/mol. The molecular formula is C12H10Cl2N2O3. The lowest BCUT2D eigenvalue weighted by Gasteiger charge is -1.99. The maximum atomic E-state index is 11.4. The van der Waals surface area contributed by atoms with Gasteiger partial charge in [-0.05, 0) is 29.8 Å². The van der Waals surface area contributed by atoms with Gasteiger partial charge >= 0.3 is 5.97 Å². The summed E-state index contributed by atoms with van der Waals surface area (Å²) in [6.07, 6.45) is 0.364. The summed E-state index contributed by atoms with van der Waals surface area (Å²) in [7, 11) is 0. The molecule has 5 nitrogen and oxygen atoms in total. The maximum Gasteiger partial charge on any atom is 0.379 e. The minimum absolute atomic E-state index is 0.0862. The molecule has 0 atom stereocenters. The average molecular weight is 301 g/mol. The van der Waals surface area contributed by atoms with Gasteiger partial charge in [-0.1, -0.05) is 29.3 Å². The van der Waals surface area contributed by atoms with Crippen molar-refractivity contribution in [2.45, 2.75) is 13.3 Å². The molecule has 1 aromatic heterocycles. The molecule has 0 aliphatic heterocycles. The second-order valence-corrected chi connectivity index (χ2v) is 4.47. The van der Waals surface area contributed by atoms with Crippen LogP contribution in [0.5, 0.6) is 0 Å². The minimum Gasteiger partial charge on any atom is -0.460 e. The van der Waals surface area contributed by atoms with Crippen LogP contribution in [0.2, 0.25) is 10.0 Å². The monoisotopic (exact) mass is 300 g/mol. The molecule has 0 amide bonds. The molecule has 0 radical (unpaired) electrons. The van der Waals surface area contributed by atoms with Crippen LogP contribution in [0, 0.1) is 0 Å². The number of carbonyl (C=O) groups is 1. The van der Waals surface area contributed by atoms with E-state index in [9.17, 15) is 4.79 Å². The van der Waals surface area contributed by atoms with E-state index in [2.05, 4.69) is 10.1 Å². The Morgan fingerprint density at radius 1 is 1.37 bits per heavy atom. The molecule has 2 rings (SSSR count). The summed E-state index contributed by atoms with van der Waals surface area (Å²) >= 11 is 11.7. The van der Waals surface area contributed by atoms with Gasteiger partial charge in [0, 0.05) is 0 Å². The number of hydrogen-bond donors (Lipinski definition) is 0. The van der Waals surface area contributed by atoms with Crippen molar-refractivity contribution in [3.05, 3.63) is 45.5 Å².